The molecule has 1 atom stereocenters. The van der Waals surface area contributed by atoms with Crippen molar-refractivity contribution in [2.75, 3.05) is 13.7 Å². The average molecular weight is 373 g/mol. The molecule has 0 aliphatic rings. The van der Waals surface area contributed by atoms with Crippen molar-refractivity contribution in [2.45, 2.75) is 12.5 Å². The fraction of sp³-hybridized carbons (Fsp3) is 0.211. The van der Waals surface area contributed by atoms with Crippen LogP contribution in [0.5, 0.6) is 5.75 Å². The molecule has 0 spiro atoms. The third kappa shape index (κ3) is 5.50. The first-order valence-corrected chi connectivity index (χ1v) is 8.15. The zero-order chi connectivity index (χ0) is 18.9. The van der Waals surface area contributed by atoms with Crippen molar-refractivity contribution >= 4 is 23.5 Å². The largest absolute Gasteiger partial charge is 0.482 e. The van der Waals surface area contributed by atoms with Gasteiger partial charge >= 0.3 is 5.97 Å². The van der Waals surface area contributed by atoms with Crippen LogP contribution in [0.4, 0.5) is 0 Å². The summed E-state index contributed by atoms with van der Waals surface area (Å²) in [6.07, 6.45) is -0.0291. The maximum Gasteiger partial charge on any atom is 0.307 e. The molecule has 1 unspecified atom stereocenters. The molecular formula is C19H17ClN2O4. The Kier molecular flexibility index (Phi) is 7.01. The normalized spacial score (nSPS) is 11.1. The van der Waals surface area contributed by atoms with E-state index in [0.717, 1.165) is 0 Å². The predicted molar refractivity (Wildman–Crippen MR) is 95.6 cm³/mol. The van der Waals surface area contributed by atoms with Gasteiger partial charge in [-0.1, -0.05) is 35.9 Å². The smallest absolute Gasteiger partial charge is 0.307 e. The topological polar surface area (TPSA) is 88.4 Å². The zero-order valence-electron chi connectivity index (χ0n) is 14.1. The Labute approximate surface area is 156 Å². The molecule has 26 heavy (non-hydrogen) atoms. The van der Waals surface area contributed by atoms with Crippen LogP contribution in [0, 0.1) is 11.3 Å². The summed E-state index contributed by atoms with van der Waals surface area (Å²) in [6, 6.07) is 14.8. The van der Waals surface area contributed by atoms with E-state index < -0.39 is 17.9 Å². The lowest BCUT2D eigenvalue weighted by Gasteiger charge is -2.18. The van der Waals surface area contributed by atoms with Gasteiger partial charge in [0.05, 0.1) is 25.1 Å². The number of nitriles is 1. The van der Waals surface area contributed by atoms with Gasteiger partial charge in [0.2, 0.25) is 0 Å². The average Bonchev–Trinajstić information content (AvgIpc) is 2.66. The fourth-order valence-electron chi connectivity index (χ4n) is 2.26. The lowest BCUT2D eigenvalue weighted by atomic mass is 10.0. The first-order valence-electron chi connectivity index (χ1n) is 7.77. The minimum Gasteiger partial charge on any atom is -0.482 e. The highest BCUT2D eigenvalue weighted by Gasteiger charge is 2.19. The van der Waals surface area contributed by atoms with Gasteiger partial charge in [0, 0.05) is 5.02 Å². The third-order valence-electron chi connectivity index (χ3n) is 3.57. The van der Waals surface area contributed by atoms with E-state index in [-0.39, 0.29) is 13.0 Å². The number of carbonyl (C=O) groups is 2. The Balaban J connectivity index is 2.04. The Morgan fingerprint density at radius 3 is 2.54 bits per heavy atom. The van der Waals surface area contributed by atoms with E-state index in [0.29, 0.717) is 21.9 Å². The number of hydrogen-bond donors (Lipinski definition) is 1. The van der Waals surface area contributed by atoms with Gasteiger partial charge in [-0.15, -0.1) is 0 Å². The van der Waals surface area contributed by atoms with E-state index in [1.165, 1.54) is 7.11 Å². The molecule has 0 fully saturated rings. The molecule has 0 bridgehead atoms. The number of ether oxygens (including phenoxy) is 2. The molecule has 7 heteroatoms. The highest BCUT2D eigenvalue weighted by Crippen LogP contribution is 2.20. The number of hydrogen-bond acceptors (Lipinski definition) is 5. The summed E-state index contributed by atoms with van der Waals surface area (Å²) in [4.78, 5) is 23.9. The number of nitrogens with zero attached hydrogens (tertiary/aromatic N) is 1. The number of esters is 1. The van der Waals surface area contributed by atoms with E-state index in [1.54, 1.807) is 48.5 Å². The van der Waals surface area contributed by atoms with Crippen LogP contribution < -0.4 is 10.1 Å². The van der Waals surface area contributed by atoms with Crippen molar-refractivity contribution in [3.8, 4) is 11.8 Å². The van der Waals surface area contributed by atoms with Crippen molar-refractivity contribution in [1.82, 2.24) is 5.32 Å². The van der Waals surface area contributed by atoms with Crippen molar-refractivity contribution in [2.24, 2.45) is 0 Å². The second kappa shape index (κ2) is 9.44. The predicted octanol–water partition coefficient (Wildman–Crippen LogP) is 3.01. The van der Waals surface area contributed by atoms with E-state index in [1.807, 2.05) is 6.07 Å². The molecule has 2 aromatic rings. The molecule has 0 aromatic heterocycles. The number of carbonyl (C=O) groups excluding carboxylic acids is 2. The monoisotopic (exact) mass is 372 g/mol. The number of methoxy groups -OCH3 is 1. The Morgan fingerprint density at radius 1 is 1.19 bits per heavy atom. The molecule has 134 valence electrons. The Bertz CT molecular complexity index is 815. The summed E-state index contributed by atoms with van der Waals surface area (Å²) in [5.74, 6) is -0.566. The molecule has 0 aliphatic heterocycles. The van der Waals surface area contributed by atoms with Crippen LogP contribution in [0.25, 0.3) is 0 Å². The highest BCUT2D eigenvalue weighted by molar-refractivity contribution is 6.30. The number of rotatable bonds is 7. The number of benzene rings is 2. The molecule has 0 saturated heterocycles. The lowest BCUT2D eigenvalue weighted by Crippen LogP contribution is -2.34. The minimum atomic E-state index is -0.581. The van der Waals surface area contributed by atoms with Gasteiger partial charge in [-0.05, 0) is 29.8 Å². The zero-order valence-corrected chi connectivity index (χ0v) is 14.8. The first kappa shape index (κ1) is 19.3. The fourth-order valence-corrected chi connectivity index (χ4v) is 2.39. The number of halogens is 1. The molecule has 0 aliphatic carbocycles. The van der Waals surface area contributed by atoms with E-state index >= 15 is 0 Å². The van der Waals surface area contributed by atoms with Crippen molar-refractivity contribution in [3.63, 3.8) is 0 Å². The molecule has 1 N–H and O–H groups in total. The molecule has 6 nitrogen and oxygen atoms in total. The second-order valence-electron chi connectivity index (χ2n) is 5.35. The molecule has 2 rings (SSSR count). The Hall–Kier alpha value is -3.04. The van der Waals surface area contributed by atoms with Crippen LogP contribution in [-0.4, -0.2) is 25.6 Å². The van der Waals surface area contributed by atoms with Crippen LogP contribution in [0.1, 0.15) is 23.6 Å². The van der Waals surface area contributed by atoms with E-state index in [9.17, 15) is 9.59 Å². The van der Waals surface area contributed by atoms with E-state index in [2.05, 4.69) is 10.1 Å². The van der Waals surface area contributed by atoms with Crippen molar-refractivity contribution in [3.05, 3.63) is 64.7 Å². The first-order chi connectivity index (χ1) is 12.5. The standard InChI is InChI=1S/C19H17ClN2O4/c1-25-19(24)10-16(13-6-8-15(20)9-7-13)22-18(23)12-26-17-5-3-2-4-14(17)11-21/h2-9,16H,10,12H2,1H3,(H,22,23). The van der Waals surface area contributed by atoms with Gasteiger partial charge in [0.1, 0.15) is 11.8 Å². The Morgan fingerprint density at radius 2 is 1.88 bits per heavy atom. The van der Waals surface area contributed by atoms with Crippen molar-refractivity contribution in [1.29, 1.82) is 5.26 Å². The molecule has 1 amide bonds. The third-order valence-corrected chi connectivity index (χ3v) is 3.82. The summed E-state index contributed by atoms with van der Waals surface area (Å²) in [6.45, 7) is -0.288. The quantitative estimate of drug-likeness (QED) is 0.755. The van der Waals surface area contributed by atoms with Crippen LogP contribution in [0.2, 0.25) is 5.02 Å². The second-order valence-corrected chi connectivity index (χ2v) is 5.78. The molecule has 2 aromatic carbocycles. The van der Waals surface area contributed by atoms with Crippen LogP contribution in [0.3, 0.4) is 0 Å². The van der Waals surface area contributed by atoms with Gasteiger partial charge in [-0.25, -0.2) is 0 Å². The van der Waals surface area contributed by atoms with Gasteiger partial charge in [0.25, 0.3) is 5.91 Å². The summed E-state index contributed by atoms with van der Waals surface area (Å²) in [7, 11) is 1.28. The van der Waals surface area contributed by atoms with Crippen molar-refractivity contribution < 1.29 is 19.1 Å². The molecule has 0 heterocycles. The summed E-state index contributed by atoms with van der Waals surface area (Å²) < 4.78 is 10.1. The van der Waals surface area contributed by atoms with Gasteiger partial charge in [-0.2, -0.15) is 5.26 Å². The molecular weight excluding hydrogens is 356 g/mol. The van der Waals surface area contributed by atoms with E-state index in [4.69, 9.17) is 21.6 Å². The number of amides is 1. The van der Waals surface area contributed by atoms with Gasteiger partial charge < -0.3 is 14.8 Å². The lowest BCUT2D eigenvalue weighted by molar-refractivity contribution is -0.141. The van der Waals surface area contributed by atoms with Gasteiger partial charge in [0.15, 0.2) is 6.61 Å². The number of nitrogens with one attached hydrogen (secondary N) is 1. The highest BCUT2D eigenvalue weighted by atomic mass is 35.5. The molecule has 0 radical (unpaired) electrons. The minimum absolute atomic E-state index is 0.0291. The number of para-hydroxylation sites is 1. The SMILES string of the molecule is COC(=O)CC(NC(=O)COc1ccccc1C#N)c1ccc(Cl)cc1. The summed E-state index contributed by atoms with van der Waals surface area (Å²) in [5, 5.41) is 12.3. The maximum atomic E-state index is 12.2. The summed E-state index contributed by atoms with van der Waals surface area (Å²) in [5.41, 5.74) is 1.05. The summed E-state index contributed by atoms with van der Waals surface area (Å²) >= 11 is 5.88. The van der Waals surface area contributed by atoms with Gasteiger partial charge in [-0.3, -0.25) is 9.59 Å². The maximum absolute atomic E-state index is 12.2. The van der Waals surface area contributed by atoms with Crippen LogP contribution >= 0.6 is 11.6 Å². The molecule has 0 saturated carbocycles. The van der Waals surface area contributed by atoms with Crippen LogP contribution in [-0.2, 0) is 14.3 Å². The van der Waals surface area contributed by atoms with Crippen LogP contribution in [0.15, 0.2) is 48.5 Å².